The average Bonchev–Trinajstić information content (AvgIpc) is 2.86. The maximum atomic E-state index is 5.95. The Morgan fingerprint density at radius 3 is 2.65 bits per heavy atom. The van der Waals surface area contributed by atoms with E-state index in [1.54, 1.807) is 0 Å². The molecule has 1 N–H and O–H groups in total. The number of rotatable bonds is 7. The number of fused-ring (bicyclic) bond motifs is 1. The fourth-order valence-electron chi connectivity index (χ4n) is 2.47. The van der Waals surface area contributed by atoms with Crippen LogP contribution in [0.3, 0.4) is 0 Å². The third kappa shape index (κ3) is 3.87. The van der Waals surface area contributed by atoms with E-state index in [1.165, 1.54) is 0 Å². The molecule has 4 nitrogen and oxygen atoms in total. The summed E-state index contributed by atoms with van der Waals surface area (Å²) in [5.74, 6) is 2.29. The van der Waals surface area contributed by atoms with E-state index >= 15 is 0 Å². The molecule has 1 aromatic carbocycles. The fourth-order valence-corrected chi connectivity index (χ4v) is 2.47. The highest BCUT2D eigenvalue weighted by Crippen LogP contribution is 2.34. The minimum atomic E-state index is 0.166. The Morgan fingerprint density at radius 1 is 1.20 bits per heavy atom. The van der Waals surface area contributed by atoms with Crippen LogP contribution in [-0.4, -0.2) is 26.6 Å². The van der Waals surface area contributed by atoms with Gasteiger partial charge in [0.1, 0.15) is 0 Å². The highest BCUT2D eigenvalue weighted by atomic mass is 16.7. The van der Waals surface area contributed by atoms with Gasteiger partial charge in [-0.25, -0.2) is 0 Å². The van der Waals surface area contributed by atoms with Gasteiger partial charge in [0.25, 0.3) is 0 Å². The van der Waals surface area contributed by atoms with E-state index in [9.17, 15) is 0 Å². The van der Waals surface area contributed by atoms with Crippen molar-refractivity contribution >= 4 is 0 Å². The first-order valence-electron chi connectivity index (χ1n) is 7.28. The molecule has 4 heteroatoms. The Hall–Kier alpha value is -1.26. The Balaban J connectivity index is 1.94. The second-order valence-electron chi connectivity index (χ2n) is 5.73. The molecule has 0 saturated carbocycles. The lowest BCUT2D eigenvalue weighted by Crippen LogP contribution is -2.24. The molecule has 0 radical (unpaired) electrons. The van der Waals surface area contributed by atoms with E-state index in [-0.39, 0.29) is 12.1 Å². The summed E-state index contributed by atoms with van der Waals surface area (Å²) in [4.78, 5) is 0. The summed E-state index contributed by atoms with van der Waals surface area (Å²) in [6, 6.07) is 6.21. The van der Waals surface area contributed by atoms with Gasteiger partial charge in [0, 0.05) is 0 Å². The van der Waals surface area contributed by atoms with Gasteiger partial charge in [0.15, 0.2) is 11.5 Å². The van der Waals surface area contributed by atoms with Crippen molar-refractivity contribution in [2.75, 3.05) is 20.4 Å². The van der Waals surface area contributed by atoms with Crippen LogP contribution in [0.25, 0.3) is 0 Å². The Labute approximate surface area is 121 Å². The molecule has 0 aromatic heterocycles. The standard InChI is InChI=1S/C16H25NO3/c1-11(2)7-12(3)18-9-14(17-4)13-5-6-15-16(8-13)20-10-19-15/h5-6,8,11-12,14,17H,7,9-10H2,1-4H3. The zero-order chi connectivity index (χ0) is 14.5. The molecular weight excluding hydrogens is 254 g/mol. The Morgan fingerprint density at radius 2 is 1.95 bits per heavy atom. The lowest BCUT2D eigenvalue weighted by Gasteiger charge is -2.21. The van der Waals surface area contributed by atoms with Gasteiger partial charge >= 0.3 is 0 Å². The zero-order valence-corrected chi connectivity index (χ0v) is 12.8. The minimum absolute atomic E-state index is 0.166. The van der Waals surface area contributed by atoms with Crippen LogP contribution in [0.2, 0.25) is 0 Å². The fraction of sp³-hybridized carbons (Fsp3) is 0.625. The molecule has 0 fully saturated rings. The second-order valence-corrected chi connectivity index (χ2v) is 5.73. The van der Waals surface area contributed by atoms with Crippen molar-refractivity contribution < 1.29 is 14.2 Å². The molecule has 2 atom stereocenters. The first-order valence-corrected chi connectivity index (χ1v) is 7.28. The number of hydrogen-bond donors (Lipinski definition) is 1. The SMILES string of the molecule is CNC(COC(C)CC(C)C)c1ccc2c(c1)OCO2. The van der Waals surface area contributed by atoms with Gasteiger partial charge in [-0.05, 0) is 44.0 Å². The summed E-state index contributed by atoms with van der Waals surface area (Å²) in [6.45, 7) is 7.53. The van der Waals surface area contributed by atoms with E-state index in [4.69, 9.17) is 14.2 Å². The molecule has 0 saturated heterocycles. The normalized spacial score (nSPS) is 16.4. The third-order valence-corrected chi connectivity index (χ3v) is 3.50. The first kappa shape index (κ1) is 15.1. The topological polar surface area (TPSA) is 39.7 Å². The van der Waals surface area contributed by atoms with Gasteiger partial charge in [-0.15, -0.1) is 0 Å². The highest BCUT2D eigenvalue weighted by molar-refractivity contribution is 5.45. The molecular formula is C16H25NO3. The zero-order valence-electron chi connectivity index (χ0n) is 12.8. The monoisotopic (exact) mass is 279 g/mol. The van der Waals surface area contributed by atoms with E-state index < -0.39 is 0 Å². The van der Waals surface area contributed by atoms with Gasteiger partial charge in [0.05, 0.1) is 18.8 Å². The van der Waals surface area contributed by atoms with Gasteiger partial charge < -0.3 is 19.5 Å². The van der Waals surface area contributed by atoms with Crippen LogP contribution in [0.15, 0.2) is 18.2 Å². The van der Waals surface area contributed by atoms with Crippen LogP contribution in [0.4, 0.5) is 0 Å². The minimum Gasteiger partial charge on any atom is -0.454 e. The van der Waals surface area contributed by atoms with E-state index in [2.05, 4.69) is 32.2 Å². The van der Waals surface area contributed by atoms with Crippen molar-refractivity contribution in [2.45, 2.75) is 39.3 Å². The van der Waals surface area contributed by atoms with E-state index in [0.29, 0.717) is 19.3 Å². The van der Waals surface area contributed by atoms with Crippen molar-refractivity contribution in [2.24, 2.45) is 5.92 Å². The van der Waals surface area contributed by atoms with Crippen LogP contribution in [0, 0.1) is 5.92 Å². The number of hydrogen-bond acceptors (Lipinski definition) is 4. The molecule has 0 amide bonds. The van der Waals surface area contributed by atoms with Crippen LogP contribution >= 0.6 is 0 Å². The van der Waals surface area contributed by atoms with Crippen LogP contribution in [0.1, 0.15) is 38.8 Å². The van der Waals surface area contributed by atoms with E-state index in [0.717, 1.165) is 23.5 Å². The van der Waals surface area contributed by atoms with Crippen molar-refractivity contribution in [1.29, 1.82) is 0 Å². The molecule has 1 aliphatic heterocycles. The van der Waals surface area contributed by atoms with Crippen LogP contribution in [-0.2, 0) is 4.74 Å². The summed E-state index contributed by atoms with van der Waals surface area (Å²) in [6.07, 6.45) is 1.36. The highest BCUT2D eigenvalue weighted by Gasteiger charge is 2.18. The van der Waals surface area contributed by atoms with E-state index in [1.807, 2.05) is 19.2 Å². The Bertz CT molecular complexity index is 434. The molecule has 2 unspecified atom stereocenters. The molecule has 0 aliphatic carbocycles. The third-order valence-electron chi connectivity index (χ3n) is 3.50. The van der Waals surface area contributed by atoms with Gasteiger partial charge in [0.2, 0.25) is 6.79 Å². The number of ether oxygens (including phenoxy) is 3. The molecule has 1 aromatic rings. The van der Waals surface area contributed by atoms with Gasteiger partial charge in [-0.1, -0.05) is 19.9 Å². The van der Waals surface area contributed by atoms with Gasteiger partial charge in [-0.2, -0.15) is 0 Å². The van der Waals surface area contributed by atoms with Crippen molar-refractivity contribution in [3.63, 3.8) is 0 Å². The molecule has 0 bridgehead atoms. The first-order chi connectivity index (χ1) is 9.60. The molecule has 0 spiro atoms. The summed E-state index contributed by atoms with van der Waals surface area (Å²) >= 11 is 0. The summed E-state index contributed by atoms with van der Waals surface area (Å²) in [5.41, 5.74) is 1.16. The summed E-state index contributed by atoms with van der Waals surface area (Å²) in [7, 11) is 1.95. The lowest BCUT2D eigenvalue weighted by molar-refractivity contribution is 0.0382. The average molecular weight is 279 g/mol. The van der Waals surface area contributed by atoms with Crippen LogP contribution < -0.4 is 14.8 Å². The van der Waals surface area contributed by atoms with Gasteiger partial charge in [-0.3, -0.25) is 0 Å². The molecule has 1 heterocycles. The Kier molecular flexibility index (Phi) is 5.26. The maximum absolute atomic E-state index is 5.95. The molecule has 1 aliphatic rings. The van der Waals surface area contributed by atoms with Crippen molar-refractivity contribution in [3.05, 3.63) is 23.8 Å². The quantitative estimate of drug-likeness (QED) is 0.832. The summed E-state index contributed by atoms with van der Waals surface area (Å²) in [5, 5.41) is 3.30. The van der Waals surface area contributed by atoms with Crippen molar-refractivity contribution in [1.82, 2.24) is 5.32 Å². The molecule has 112 valence electrons. The van der Waals surface area contributed by atoms with Crippen molar-refractivity contribution in [3.8, 4) is 11.5 Å². The second kappa shape index (κ2) is 6.95. The molecule has 20 heavy (non-hydrogen) atoms. The maximum Gasteiger partial charge on any atom is 0.231 e. The summed E-state index contributed by atoms with van der Waals surface area (Å²) < 4.78 is 16.7. The number of likely N-dealkylation sites (N-methyl/N-ethyl adjacent to an activating group) is 1. The smallest absolute Gasteiger partial charge is 0.231 e. The predicted molar refractivity (Wildman–Crippen MR) is 79.2 cm³/mol. The molecule has 2 rings (SSSR count). The predicted octanol–water partition coefficient (Wildman–Crippen LogP) is 3.13. The lowest BCUT2D eigenvalue weighted by atomic mass is 10.1. The number of nitrogens with one attached hydrogen (secondary N) is 1. The number of benzene rings is 1. The largest absolute Gasteiger partial charge is 0.454 e. The van der Waals surface area contributed by atoms with Crippen LogP contribution in [0.5, 0.6) is 11.5 Å².